The average molecular weight is 168 g/mol. The Balaban J connectivity index is 0.000000720. The van der Waals surface area contributed by atoms with Crippen LogP contribution in [0.25, 0.3) is 0 Å². The third kappa shape index (κ3) is 1.11. The topological polar surface area (TPSA) is 25.2 Å². The first kappa shape index (κ1) is 8.84. The van der Waals surface area contributed by atoms with Crippen molar-refractivity contribution in [2.75, 3.05) is 24.3 Å². The largest absolute Gasteiger partial charge is 0.376 e. The zero-order valence-electron chi connectivity index (χ0n) is 7.51. The lowest BCUT2D eigenvalue weighted by molar-refractivity contribution is 1.11. The van der Waals surface area contributed by atoms with Gasteiger partial charge in [0.15, 0.2) is 0 Å². The van der Waals surface area contributed by atoms with Gasteiger partial charge in [-0.2, -0.15) is 0 Å². The molecular formula is C9H13FN2. The molecule has 1 N–H and O–H groups in total. The van der Waals surface area contributed by atoms with Crippen LogP contribution in [0.3, 0.4) is 0 Å². The van der Waals surface area contributed by atoms with Crippen molar-refractivity contribution in [2.45, 2.75) is 6.92 Å². The number of nitrogens with one attached hydrogen (secondary N) is 1. The summed E-state index contributed by atoms with van der Waals surface area (Å²) in [7, 11) is 4.12. The highest BCUT2D eigenvalue weighted by atomic mass is 19.0. The molecule has 0 amide bonds. The molecule has 0 unspecified atom stereocenters. The van der Waals surface area contributed by atoms with E-state index in [-0.39, 0.29) is 4.70 Å². The van der Waals surface area contributed by atoms with Crippen LogP contribution in [0.4, 0.5) is 21.8 Å². The predicted molar refractivity (Wildman–Crippen MR) is 51.3 cm³/mol. The summed E-state index contributed by atoms with van der Waals surface area (Å²) in [6, 6.07) is 4.29. The van der Waals surface area contributed by atoms with Crippen molar-refractivity contribution in [1.29, 1.82) is 0 Å². The molecule has 0 saturated heterocycles. The predicted octanol–water partition coefficient (Wildman–Crippen LogP) is 2.27. The van der Waals surface area contributed by atoms with E-state index < -0.39 is 0 Å². The summed E-state index contributed by atoms with van der Waals surface area (Å²) in [6.45, 7) is 2.12. The van der Waals surface area contributed by atoms with Crippen molar-refractivity contribution < 1.29 is 4.70 Å². The number of rotatable bonds is 1. The van der Waals surface area contributed by atoms with Gasteiger partial charge < -0.3 is 10.2 Å². The number of anilines is 3. The maximum absolute atomic E-state index is 3.27. The van der Waals surface area contributed by atoms with Gasteiger partial charge >= 0.3 is 0 Å². The summed E-state index contributed by atoms with van der Waals surface area (Å²) in [5.74, 6) is 0. The van der Waals surface area contributed by atoms with E-state index in [1.165, 1.54) is 22.6 Å². The first-order chi connectivity index (χ1) is 5.20. The second-order valence-corrected chi connectivity index (χ2v) is 3.17. The van der Waals surface area contributed by atoms with Crippen molar-refractivity contribution in [3.05, 3.63) is 17.7 Å². The Morgan fingerprint density at radius 3 is 2.42 bits per heavy atom. The Bertz CT molecular complexity index is 308. The standard InChI is InChI=1S/C9H12N2.FH/c1-6-4-5-7(11(2)3)9-8(6)10-9;/h4-5,10H,1-3H3;1H. The van der Waals surface area contributed by atoms with Gasteiger partial charge in [0.25, 0.3) is 0 Å². The summed E-state index contributed by atoms with van der Waals surface area (Å²) in [6.07, 6.45) is 0. The van der Waals surface area contributed by atoms with Gasteiger partial charge in [0.1, 0.15) is 0 Å². The van der Waals surface area contributed by atoms with Crippen molar-refractivity contribution in [2.24, 2.45) is 0 Å². The van der Waals surface area contributed by atoms with Crippen LogP contribution in [0, 0.1) is 6.92 Å². The first-order valence-corrected chi connectivity index (χ1v) is 3.78. The van der Waals surface area contributed by atoms with Crippen LogP contribution in [-0.4, -0.2) is 14.1 Å². The van der Waals surface area contributed by atoms with Crippen molar-refractivity contribution in [1.82, 2.24) is 0 Å². The fourth-order valence-electron chi connectivity index (χ4n) is 1.32. The molecule has 1 aromatic carbocycles. The van der Waals surface area contributed by atoms with E-state index >= 15 is 0 Å². The number of hydrogen-bond donors (Lipinski definition) is 1. The monoisotopic (exact) mass is 168 g/mol. The molecule has 1 heterocycles. The Kier molecular flexibility index (Phi) is 1.96. The lowest BCUT2D eigenvalue weighted by Gasteiger charge is -2.10. The second-order valence-electron chi connectivity index (χ2n) is 3.17. The molecule has 2 nitrogen and oxygen atoms in total. The van der Waals surface area contributed by atoms with Crippen LogP contribution < -0.4 is 10.2 Å². The fraction of sp³-hybridized carbons (Fsp3) is 0.333. The summed E-state index contributed by atoms with van der Waals surface area (Å²) in [5, 5.41) is 3.27. The van der Waals surface area contributed by atoms with E-state index in [1.807, 2.05) is 0 Å². The number of benzene rings is 1. The lowest BCUT2D eigenvalue weighted by atomic mass is 10.2. The molecule has 3 heteroatoms. The number of fused-ring (bicyclic) bond motifs is 1. The van der Waals surface area contributed by atoms with Gasteiger partial charge in [-0.15, -0.1) is 0 Å². The highest BCUT2D eigenvalue weighted by Crippen LogP contribution is 2.48. The lowest BCUT2D eigenvalue weighted by Crippen LogP contribution is -2.07. The molecule has 1 aliphatic rings. The van der Waals surface area contributed by atoms with Crippen LogP contribution in [0.2, 0.25) is 0 Å². The van der Waals surface area contributed by atoms with Gasteiger partial charge in [0, 0.05) is 14.1 Å². The molecule has 12 heavy (non-hydrogen) atoms. The van der Waals surface area contributed by atoms with E-state index in [2.05, 4.69) is 43.4 Å². The first-order valence-electron chi connectivity index (χ1n) is 3.78. The molecule has 0 fully saturated rings. The van der Waals surface area contributed by atoms with Gasteiger partial charge in [0.2, 0.25) is 0 Å². The van der Waals surface area contributed by atoms with E-state index in [4.69, 9.17) is 0 Å². The summed E-state index contributed by atoms with van der Waals surface area (Å²) < 4.78 is 0. The Morgan fingerprint density at radius 2 is 1.83 bits per heavy atom. The molecule has 1 aromatic rings. The molecule has 0 bridgehead atoms. The summed E-state index contributed by atoms with van der Waals surface area (Å²) in [4.78, 5) is 2.12. The van der Waals surface area contributed by atoms with Crippen LogP contribution in [0.15, 0.2) is 12.1 Å². The van der Waals surface area contributed by atoms with E-state index in [0.717, 1.165) is 0 Å². The van der Waals surface area contributed by atoms with Gasteiger partial charge in [-0.05, 0) is 18.6 Å². The third-order valence-electron chi connectivity index (χ3n) is 2.06. The quantitative estimate of drug-likeness (QED) is 0.661. The van der Waals surface area contributed by atoms with Gasteiger partial charge in [-0.25, -0.2) is 0 Å². The molecule has 0 atom stereocenters. The Labute approximate surface area is 71.6 Å². The maximum atomic E-state index is 3.27. The maximum Gasteiger partial charge on any atom is 0.0864 e. The average Bonchev–Trinajstić information content (AvgIpc) is 2.66. The minimum Gasteiger partial charge on any atom is -0.376 e. The normalized spacial score (nSPS) is 10.9. The fourth-order valence-corrected chi connectivity index (χ4v) is 1.32. The number of halogens is 1. The third-order valence-corrected chi connectivity index (χ3v) is 2.06. The molecule has 0 aromatic heterocycles. The number of aryl methyl sites for hydroxylation is 1. The molecular weight excluding hydrogens is 155 g/mol. The molecule has 0 spiro atoms. The molecule has 66 valence electrons. The van der Waals surface area contributed by atoms with E-state index in [9.17, 15) is 0 Å². The minimum atomic E-state index is 0. The Hall–Kier alpha value is -1.25. The van der Waals surface area contributed by atoms with E-state index in [1.54, 1.807) is 0 Å². The molecule has 1 aliphatic heterocycles. The van der Waals surface area contributed by atoms with Gasteiger partial charge in [0.05, 0.1) is 17.1 Å². The molecule has 2 rings (SSSR count). The van der Waals surface area contributed by atoms with Crippen molar-refractivity contribution >= 4 is 17.1 Å². The molecule has 0 saturated carbocycles. The zero-order chi connectivity index (χ0) is 8.01. The Morgan fingerprint density at radius 1 is 1.17 bits per heavy atom. The SMILES string of the molecule is Cc1ccc(N(C)C)c2c1N2.F. The number of hydrogen-bond acceptors (Lipinski definition) is 2. The molecule has 0 radical (unpaired) electrons. The van der Waals surface area contributed by atoms with Crippen molar-refractivity contribution in [3.63, 3.8) is 0 Å². The highest BCUT2D eigenvalue weighted by Gasteiger charge is 2.23. The highest BCUT2D eigenvalue weighted by molar-refractivity contribution is 6.01. The minimum absolute atomic E-state index is 0. The number of nitrogens with zero attached hydrogens (tertiary/aromatic N) is 1. The van der Waals surface area contributed by atoms with Gasteiger partial charge in [-0.1, -0.05) is 6.07 Å². The van der Waals surface area contributed by atoms with Crippen LogP contribution in [0.1, 0.15) is 5.56 Å². The molecule has 0 aliphatic carbocycles. The van der Waals surface area contributed by atoms with Crippen molar-refractivity contribution in [3.8, 4) is 0 Å². The summed E-state index contributed by atoms with van der Waals surface area (Å²) >= 11 is 0. The van der Waals surface area contributed by atoms with Gasteiger partial charge in [-0.3, -0.25) is 4.70 Å². The second kappa shape index (κ2) is 2.66. The smallest absolute Gasteiger partial charge is 0.0864 e. The summed E-state index contributed by atoms with van der Waals surface area (Å²) in [5.41, 5.74) is 5.24. The van der Waals surface area contributed by atoms with Crippen LogP contribution in [-0.2, 0) is 0 Å². The van der Waals surface area contributed by atoms with Crippen LogP contribution in [0.5, 0.6) is 0 Å². The van der Waals surface area contributed by atoms with E-state index in [0.29, 0.717) is 0 Å². The van der Waals surface area contributed by atoms with Crippen LogP contribution >= 0.6 is 0 Å². The zero-order valence-corrected chi connectivity index (χ0v) is 7.51.